The summed E-state index contributed by atoms with van der Waals surface area (Å²) in [5.41, 5.74) is -3.00. The van der Waals surface area contributed by atoms with Crippen LogP contribution in [0.4, 0.5) is 34.1 Å². The summed E-state index contributed by atoms with van der Waals surface area (Å²) in [6, 6.07) is 15.9. The number of aromatic nitrogens is 4. The molecule has 0 aliphatic rings. The van der Waals surface area contributed by atoms with Crippen LogP contribution in [0.5, 0.6) is 11.5 Å². The maximum atomic E-state index is 12.9. The zero-order valence-corrected chi connectivity index (χ0v) is 53.9. The van der Waals surface area contributed by atoms with E-state index in [2.05, 4.69) is 42.5 Å². The van der Waals surface area contributed by atoms with Crippen molar-refractivity contribution in [2.24, 2.45) is 30.7 Å². The van der Waals surface area contributed by atoms with Gasteiger partial charge in [-0.25, -0.2) is 27.1 Å². The number of nitro groups is 2. The van der Waals surface area contributed by atoms with Gasteiger partial charge in [-0.15, -0.1) is 21.6 Å². The number of primary sulfonamides is 2. The van der Waals surface area contributed by atoms with E-state index >= 15 is 0 Å². The predicted molar refractivity (Wildman–Crippen MR) is 327 cm³/mol. The zero-order valence-electron chi connectivity index (χ0n) is 52.0. The minimum atomic E-state index is -4.01. The van der Waals surface area contributed by atoms with Gasteiger partial charge < -0.3 is 40.0 Å². The first kappa shape index (κ1) is 75.0. The second-order valence-corrected chi connectivity index (χ2v) is 25.1. The number of nitrogens with two attached hydrogens (primary N) is 2. The fourth-order valence-corrected chi connectivity index (χ4v) is 9.72. The number of hydrogen-bond acceptors (Lipinski definition) is 19. The third kappa shape index (κ3) is 20.9. The average molecular weight is 1300 g/mol. The van der Waals surface area contributed by atoms with Crippen molar-refractivity contribution in [3.8, 4) is 22.9 Å². The number of aryl methyl sites for hydroxylation is 2. The summed E-state index contributed by atoms with van der Waals surface area (Å²) in [5, 5.41) is 99.6. The minimum absolute atomic E-state index is 0. The number of nitro benzene ring substituents is 2. The molecular weight excluding hydrogens is 1220 g/mol. The molecule has 6 aromatic rings. The quantitative estimate of drug-likeness (QED) is 0.0147. The predicted octanol–water partition coefficient (Wildman–Crippen LogP) is 8.97. The first-order valence-corrected chi connectivity index (χ1v) is 31.5. The number of sulfonamides is 2. The smallest absolute Gasteiger partial charge is 0.866 e. The Balaban J connectivity index is 0.000000470. The van der Waals surface area contributed by atoms with Crippen LogP contribution in [0.1, 0.15) is 149 Å². The third-order valence-electron chi connectivity index (χ3n) is 14.8. The maximum absolute atomic E-state index is 12.9. The van der Waals surface area contributed by atoms with E-state index in [4.69, 9.17) is 20.5 Å². The van der Waals surface area contributed by atoms with Crippen LogP contribution in [0.15, 0.2) is 113 Å². The van der Waals surface area contributed by atoms with Crippen LogP contribution in [-0.2, 0) is 48.2 Å². The SMILES string of the molecule is CCC(C)(C)c1cc(N=Nc2c(C)[n-]n(-c3cccc(S(N)(=O)=O)c3)c2=O)c([O-])c([N+](=O)[O-])c1.CCC(C)(C)c1cc(N=Nc2c(C)[n-]n(-c3cccc(S(N)(=O)=O)c3)c2=O)c([O-])c([N+](=O)[O-])c1.CCCCCCCCCCCCN(CCO)CCO.[Cr+3].[H+]. The number of aliphatic hydroxyl groups excluding tert-OH is 2. The average Bonchev–Trinajstić information content (AvgIpc) is 3.58. The number of rotatable bonds is 29. The van der Waals surface area contributed by atoms with Gasteiger partial charge in [0.2, 0.25) is 20.0 Å². The molecule has 0 amide bonds. The summed E-state index contributed by atoms with van der Waals surface area (Å²) in [6.07, 6.45) is 14.8. The van der Waals surface area contributed by atoms with E-state index in [1.807, 2.05) is 41.5 Å². The largest absolute Gasteiger partial charge is 3.00 e. The van der Waals surface area contributed by atoms with Crippen molar-refractivity contribution >= 4 is 54.2 Å². The molecule has 0 saturated carbocycles. The van der Waals surface area contributed by atoms with E-state index in [-0.39, 0.29) is 87.3 Å². The molecule has 27 nitrogen and oxygen atoms in total. The van der Waals surface area contributed by atoms with Crippen molar-refractivity contribution in [2.75, 3.05) is 32.8 Å². The van der Waals surface area contributed by atoms with Crippen molar-refractivity contribution in [2.45, 2.75) is 160 Å². The van der Waals surface area contributed by atoms with Gasteiger partial charge in [-0.1, -0.05) is 132 Å². The summed E-state index contributed by atoms with van der Waals surface area (Å²) in [6.45, 7) is 19.3. The summed E-state index contributed by atoms with van der Waals surface area (Å²) in [7, 11) is -8.01. The van der Waals surface area contributed by atoms with Gasteiger partial charge in [-0.05, 0) is 96.3 Å². The fourth-order valence-electron chi connectivity index (χ4n) is 8.62. The topological polar surface area (TPSA) is 418 Å². The van der Waals surface area contributed by atoms with Crippen LogP contribution >= 0.6 is 0 Å². The molecule has 30 heteroatoms. The standard InChI is InChI=1S/2C21H24N6O6S.C16H35NO2.Cr/c2*1-5-21(3,4)13-9-16(19(28)17(10-13)27(30)31)23-24-18-12(2)25-26(20(18)29)14-7-6-8-15(11-14)34(22,32)33;1-2-3-4-5-6-7-8-9-10-11-12-17(13-15-18)14-16-19;/h2*6-11H,5H2,1-4H3,(H4,22,23,24,25,28,29,32,33);18-19H,2-16H2,1H3;/q;;;+3/p-3. The molecule has 0 spiro atoms. The van der Waals surface area contributed by atoms with Gasteiger partial charge in [0, 0.05) is 48.1 Å². The Morgan fingerprint density at radius 2 is 0.932 bits per heavy atom. The van der Waals surface area contributed by atoms with Crippen molar-refractivity contribution in [3.63, 3.8) is 0 Å². The van der Waals surface area contributed by atoms with Crippen LogP contribution in [-0.4, -0.2) is 84.0 Å². The van der Waals surface area contributed by atoms with E-state index in [0.29, 0.717) is 37.1 Å². The first-order chi connectivity index (χ1) is 40.9. The molecule has 479 valence electrons. The van der Waals surface area contributed by atoms with Crippen molar-refractivity contribution in [1.29, 1.82) is 0 Å². The van der Waals surface area contributed by atoms with Gasteiger partial charge in [-0.3, -0.25) is 34.7 Å². The molecule has 1 radical (unpaired) electrons. The summed E-state index contributed by atoms with van der Waals surface area (Å²) < 4.78 is 48.3. The number of aliphatic hydroxyl groups is 2. The van der Waals surface area contributed by atoms with E-state index in [1.54, 1.807) is 0 Å². The Morgan fingerprint density at radius 3 is 1.25 bits per heavy atom. The molecule has 0 aliphatic carbocycles. The Morgan fingerprint density at radius 1 is 0.580 bits per heavy atom. The third-order valence-corrected chi connectivity index (χ3v) is 16.6. The maximum Gasteiger partial charge on any atom is 3.00 e. The number of unbranched alkanes of at least 4 members (excludes halogenated alkanes) is 9. The summed E-state index contributed by atoms with van der Waals surface area (Å²) in [5.74, 6) is -1.86. The molecule has 0 saturated heterocycles. The first-order valence-electron chi connectivity index (χ1n) is 28.4. The molecule has 2 aromatic heterocycles. The molecule has 2 heterocycles. The van der Waals surface area contributed by atoms with Gasteiger partial charge in [-0.2, -0.15) is 10.2 Å². The van der Waals surface area contributed by atoms with Crippen molar-refractivity contribution < 1.29 is 65.9 Å². The van der Waals surface area contributed by atoms with E-state index in [9.17, 15) is 56.9 Å². The van der Waals surface area contributed by atoms with E-state index < -0.39 is 74.7 Å². The molecule has 6 N–H and O–H groups in total. The molecule has 4 aromatic carbocycles. The molecule has 0 aliphatic heterocycles. The van der Waals surface area contributed by atoms with Gasteiger partial charge in [0.25, 0.3) is 22.5 Å². The summed E-state index contributed by atoms with van der Waals surface area (Å²) >= 11 is 0. The molecular formula is C58H80CrN13O14S2. The normalized spacial score (nSPS) is 12.0. The van der Waals surface area contributed by atoms with Crippen LogP contribution in [0, 0.1) is 34.1 Å². The van der Waals surface area contributed by atoms with E-state index in [1.165, 1.54) is 151 Å². The molecule has 88 heavy (non-hydrogen) atoms. The Kier molecular flexibility index (Phi) is 28.9. The van der Waals surface area contributed by atoms with Crippen LogP contribution < -0.4 is 41.8 Å². The Bertz CT molecular complexity index is 3520. The molecule has 6 rings (SSSR count). The van der Waals surface area contributed by atoms with Crippen LogP contribution in [0.3, 0.4) is 0 Å². The number of benzene rings is 4. The number of nitrogens with zero attached hydrogens (tertiary/aromatic N) is 11. The van der Waals surface area contributed by atoms with Crippen LogP contribution in [0.2, 0.25) is 0 Å². The second kappa shape index (κ2) is 33.9. The second-order valence-electron chi connectivity index (χ2n) is 21.9. The number of hydrogen-bond donors (Lipinski definition) is 4. The Labute approximate surface area is 524 Å². The van der Waals surface area contributed by atoms with Gasteiger partial charge in [0.15, 0.2) is 0 Å². The van der Waals surface area contributed by atoms with Gasteiger partial charge >= 0.3 is 18.8 Å². The van der Waals surface area contributed by atoms with Crippen molar-refractivity contribution in [1.82, 2.24) is 24.5 Å². The monoisotopic (exact) mass is 1300 g/mol. The molecule has 0 fully saturated rings. The molecule has 0 unspecified atom stereocenters. The molecule has 0 bridgehead atoms. The van der Waals surface area contributed by atoms with E-state index in [0.717, 1.165) is 15.9 Å². The summed E-state index contributed by atoms with van der Waals surface area (Å²) in [4.78, 5) is 48.7. The van der Waals surface area contributed by atoms with Gasteiger partial charge in [0.1, 0.15) is 11.4 Å². The Hall–Kier alpha value is -7.27. The van der Waals surface area contributed by atoms with Crippen LogP contribution in [0.25, 0.3) is 11.4 Å². The number of azo groups is 2. The fraction of sp³-hybridized carbons (Fsp3) is 0.483. The zero-order chi connectivity index (χ0) is 65.0. The minimum Gasteiger partial charge on any atom is -0.866 e. The van der Waals surface area contributed by atoms with Crippen molar-refractivity contribution in [3.05, 3.63) is 136 Å². The molecule has 0 atom stereocenters. The van der Waals surface area contributed by atoms with Gasteiger partial charge in [0.05, 0.1) is 44.2 Å².